The molecule has 0 saturated carbocycles. The number of aromatic amines is 1. The number of carbonyl (C=O) groups is 1. The highest BCUT2D eigenvalue weighted by atomic mass is 32.1. The molecule has 0 unspecified atom stereocenters. The average molecular weight is 433 g/mol. The fourth-order valence-electron chi connectivity index (χ4n) is 3.07. The molecule has 0 bridgehead atoms. The molecule has 2 aromatic carbocycles. The molecule has 156 valence electrons. The van der Waals surface area contributed by atoms with Crippen molar-refractivity contribution in [2.24, 2.45) is 0 Å². The van der Waals surface area contributed by atoms with E-state index in [1.807, 2.05) is 54.8 Å². The second-order valence-electron chi connectivity index (χ2n) is 6.69. The molecule has 0 saturated heterocycles. The quantitative estimate of drug-likeness (QED) is 0.457. The lowest BCUT2D eigenvalue weighted by Gasteiger charge is -2.07. The first-order valence-corrected chi connectivity index (χ1v) is 10.6. The van der Waals surface area contributed by atoms with Gasteiger partial charge in [0.25, 0.3) is 5.56 Å². The summed E-state index contributed by atoms with van der Waals surface area (Å²) in [5.41, 5.74) is 3.40. The molecule has 0 spiro atoms. The van der Waals surface area contributed by atoms with Crippen LogP contribution in [0.25, 0.3) is 21.8 Å². The minimum absolute atomic E-state index is 0.161. The van der Waals surface area contributed by atoms with Gasteiger partial charge in [0.2, 0.25) is 5.91 Å². The van der Waals surface area contributed by atoms with Crippen molar-refractivity contribution in [3.63, 3.8) is 0 Å². The van der Waals surface area contributed by atoms with Gasteiger partial charge in [-0.3, -0.25) is 9.59 Å². The molecule has 0 aliphatic carbocycles. The monoisotopic (exact) mass is 432 g/mol. The van der Waals surface area contributed by atoms with E-state index in [2.05, 4.69) is 20.5 Å². The van der Waals surface area contributed by atoms with Crippen molar-refractivity contribution in [1.29, 1.82) is 0 Å². The zero-order valence-corrected chi connectivity index (χ0v) is 17.6. The van der Waals surface area contributed by atoms with Gasteiger partial charge in [-0.05, 0) is 37.3 Å². The normalized spacial score (nSPS) is 10.6. The van der Waals surface area contributed by atoms with Gasteiger partial charge in [-0.15, -0.1) is 11.3 Å². The first-order chi connectivity index (χ1) is 15.1. The zero-order chi connectivity index (χ0) is 21.6. The van der Waals surface area contributed by atoms with Crippen molar-refractivity contribution < 1.29 is 9.53 Å². The van der Waals surface area contributed by atoms with Gasteiger partial charge in [0, 0.05) is 22.7 Å². The number of hydrogen-bond acceptors (Lipinski definition) is 6. The molecule has 2 aromatic heterocycles. The summed E-state index contributed by atoms with van der Waals surface area (Å²) < 4.78 is 5.68. The largest absolute Gasteiger partial charge is 0.493 e. The summed E-state index contributed by atoms with van der Waals surface area (Å²) in [6.07, 6.45) is 0.161. The molecule has 0 aliphatic rings. The number of nitrogens with zero attached hydrogens (tertiary/aromatic N) is 2. The molecule has 0 radical (unpaired) electrons. The van der Waals surface area contributed by atoms with E-state index >= 15 is 0 Å². The summed E-state index contributed by atoms with van der Waals surface area (Å²) in [7, 11) is 0. The van der Waals surface area contributed by atoms with Gasteiger partial charge < -0.3 is 10.1 Å². The Morgan fingerprint density at radius 3 is 2.81 bits per heavy atom. The molecule has 2 N–H and O–H groups in total. The number of hydrogen-bond donors (Lipinski definition) is 2. The van der Waals surface area contributed by atoms with Gasteiger partial charge >= 0.3 is 0 Å². The van der Waals surface area contributed by atoms with E-state index in [-0.39, 0.29) is 17.9 Å². The van der Waals surface area contributed by atoms with Gasteiger partial charge in [-0.1, -0.05) is 24.3 Å². The van der Waals surface area contributed by atoms with E-state index in [1.54, 1.807) is 12.1 Å². The summed E-state index contributed by atoms with van der Waals surface area (Å²) >= 11 is 1.48. The van der Waals surface area contributed by atoms with E-state index in [0.29, 0.717) is 23.7 Å². The Hall–Kier alpha value is -3.78. The molecule has 0 fully saturated rings. The van der Waals surface area contributed by atoms with Gasteiger partial charge in [0.15, 0.2) is 0 Å². The number of para-hydroxylation sites is 1. The number of nitrogens with one attached hydrogen (secondary N) is 2. The smallest absolute Gasteiger partial charge is 0.264 e. The zero-order valence-electron chi connectivity index (χ0n) is 16.8. The van der Waals surface area contributed by atoms with Crippen LogP contribution in [0, 0.1) is 0 Å². The predicted molar refractivity (Wildman–Crippen MR) is 121 cm³/mol. The highest BCUT2D eigenvalue weighted by molar-refractivity contribution is 7.13. The number of ether oxygens (including phenoxy) is 1. The molecule has 1 amide bonds. The number of rotatable bonds is 7. The van der Waals surface area contributed by atoms with Crippen LogP contribution in [0.5, 0.6) is 5.75 Å². The summed E-state index contributed by atoms with van der Waals surface area (Å²) in [6.45, 7) is 2.52. The first kappa shape index (κ1) is 20.5. The molecular weight excluding hydrogens is 412 g/mol. The predicted octanol–water partition coefficient (Wildman–Crippen LogP) is 4.14. The minimum Gasteiger partial charge on any atom is -0.493 e. The molecule has 0 aliphatic heterocycles. The lowest BCUT2D eigenvalue weighted by molar-refractivity contribution is -0.115. The van der Waals surface area contributed by atoms with Crippen LogP contribution in [-0.2, 0) is 11.2 Å². The second kappa shape index (κ2) is 9.36. The number of thiazole rings is 1. The van der Waals surface area contributed by atoms with Crippen LogP contribution in [0.2, 0.25) is 0 Å². The number of benzene rings is 2. The lowest BCUT2D eigenvalue weighted by atomic mass is 10.1. The first-order valence-electron chi connectivity index (χ1n) is 9.75. The van der Waals surface area contributed by atoms with Gasteiger partial charge in [0.05, 0.1) is 30.0 Å². The Morgan fingerprint density at radius 2 is 2.00 bits per heavy atom. The maximum absolute atomic E-state index is 12.6. The maximum atomic E-state index is 12.6. The molecule has 0 atom stereocenters. The Bertz CT molecular complexity index is 1240. The van der Waals surface area contributed by atoms with Crippen LogP contribution >= 0.6 is 11.3 Å². The van der Waals surface area contributed by atoms with Crippen molar-refractivity contribution >= 4 is 22.9 Å². The average Bonchev–Trinajstić information content (AvgIpc) is 3.23. The van der Waals surface area contributed by atoms with E-state index in [1.165, 1.54) is 17.4 Å². The highest BCUT2D eigenvalue weighted by Crippen LogP contribution is 2.32. The number of anilines is 1. The fourth-order valence-corrected chi connectivity index (χ4v) is 3.92. The molecule has 7 nitrogen and oxygen atoms in total. The summed E-state index contributed by atoms with van der Waals surface area (Å²) in [5.74, 6) is 0.615. The summed E-state index contributed by atoms with van der Waals surface area (Å²) in [6, 6.07) is 18.1. The molecule has 31 heavy (non-hydrogen) atoms. The standard InChI is InChI=1S/C23H20N4O3S/c1-2-30-20-9-4-3-8-18(20)23-25-17(14-31-23)13-22(29)24-16-7-5-6-15(12-16)19-10-11-21(28)27-26-19/h3-12,14H,2,13H2,1H3,(H,24,29)(H,27,28). The van der Waals surface area contributed by atoms with Crippen LogP contribution in [0.1, 0.15) is 12.6 Å². The van der Waals surface area contributed by atoms with E-state index in [4.69, 9.17) is 4.74 Å². The Kier molecular flexibility index (Phi) is 6.18. The molecule has 8 heteroatoms. The topological polar surface area (TPSA) is 97.0 Å². The van der Waals surface area contributed by atoms with E-state index < -0.39 is 0 Å². The van der Waals surface area contributed by atoms with Crippen LogP contribution in [0.15, 0.2) is 70.8 Å². The third-order valence-electron chi connectivity index (χ3n) is 4.43. The summed E-state index contributed by atoms with van der Waals surface area (Å²) in [4.78, 5) is 28.4. The summed E-state index contributed by atoms with van der Waals surface area (Å²) in [5, 5.41) is 12.0. The fraction of sp³-hybridized carbons (Fsp3) is 0.130. The highest BCUT2D eigenvalue weighted by Gasteiger charge is 2.13. The third-order valence-corrected chi connectivity index (χ3v) is 5.36. The SMILES string of the molecule is CCOc1ccccc1-c1nc(CC(=O)Nc2cccc(-c3ccc(=O)[nH]n3)c2)cs1. The number of H-pyrrole nitrogens is 1. The maximum Gasteiger partial charge on any atom is 0.264 e. The number of aromatic nitrogens is 3. The van der Waals surface area contributed by atoms with Gasteiger partial charge in [0.1, 0.15) is 10.8 Å². The van der Waals surface area contributed by atoms with Gasteiger partial charge in [-0.2, -0.15) is 5.10 Å². The van der Waals surface area contributed by atoms with Crippen LogP contribution in [-0.4, -0.2) is 27.7 Å². The molecule has 4 rings (SSSR count). The molecule has 2 heterocycles. The van der Waals surface area contributed by atoms with Crippen molar-refractivity contribution in [3.05, 3.63) is 82.1 Å². The lowest BCUT2D eigenvalue weighted by Crippen LogP contribution is -2.14. The van der Waals surface area contributed by atoms with Gasteiger partial charge in [-0.25, -0.2) is 10.1 Å². The van der Waals surface area contributed by atoms with Crippen LogP contribution < -0.4 is 15.6 Å². The van der Waals surface area contributed by atoms with E-state index in [0.717, 1.165) is 21.9 Å². The Labute approximate surface area is 182 Å². The van der Waals surface area contributed by atoms with Crippen molar-refractivity contribution in [2.45, 2.75) is 13.3 Å². The van der Waals surface area contributed by atoms with E-state index in [9.17, 15) is 9.59 Å². The number of carbonyl (C=O) groups excluding carboxylic acids is 1. The van der Waals surface area contributed by atoms with Crippen molar-refractivity contribution in [2.75, 3.05) is 11.9 Å². The van der Waals surface area contributed by atoms with Crippen molar-refractivity contribution in [1.82, 2.24) is 15.2 Å². The number of amides is 1. The third kappa shape index (κ3) is 5.04. The van der Waals surface area contributed by atoms with Crippen LogP contribution in [0.4, 0.5) is 5.69 Å². The Morgan fingerprint density at radius 1 is 1.13 bits per heavy atom. The molecular formula is C23H20N4O3S. The minimum atomic E-state index is -0.264. The molecule has 4 aromatic rings. The van der Waals surface area contributed by atoms with Crippen molar-refractivity contribution in [3.8, 4) is 27.6 Å². The van der Waals surface area contributed by atoms with Crippen LogP contribution in [0.3, 0.4) is 0 Å². The Balaban J connectivity index is 1.45. The second-order valence-corrected chi connectivity index (χ2v) is 7.54.